The van der Waals surface area contributed by atoms with Crippen LogP contribution in [0.2, 0.25) is 0 Å². The van der Waals surface area contributed by atoms with E-state index in [1.165, 1.54) is 0 Å². The van der Waals surface area contributed by atoms with Gasteiger partial charge < -0.3 is 15.5 Å². The lowest BCUT2D eigenvalue weighted by molar-refractivity contribution is -0.117. The summed E-state index contributed by atoms with van der Waals surface area (Å²) < 4.78 is 0. The largest absolute Gasteiger partial charge is 0.357 e. The molecule has 1 aromatic carbocycles. The predicted octanol–water partition coefficient (Wildman–Crippen LogP) is 2.60. The minimum absolute atomic E-state index is 0.224. The Morgan fingerprint density at radius 2 is 1.89 bits per heavy atom. The maximum Gasteiger partial charge on any atom is 0.227 e. The summed E-state index contributed by atoms with van der Waals surface area (Å²) in [6.45, 7) is 14.0. The van der Waals surface area contributed by atoms with E-state index >= 15 is 0 Å². The predicted molar refractivity (Wildman–Crippen MR) is 113 cm³/mol. The summed E-state index contributed by atoms with van der Waals surface area (Å²) in [5.41, 5.74) is 2.13. The number of rotatable bonds is 9. The first kappa shape index (κ1) is 21.2. The van der Waals surface area contributed by atoms with Crippen molar-refractivity contribution in [3.8, 4) is 0 Å². The topological polar surface area (TPSA) is 60.0 Å². The number of nitrogens with zero attached hydrogens (tertiary/aromatic N) is 3. The number of likely N-dealkylation sites (N-methyl/N-ethyl adjacent to an activating group) is 1. The van der Waals surface area contributed by atoms with Gasteiger partial charge in [0.2, 0.25) is 5.91 Å². The third-order valence-corrected chi connectivity index (χ3v) is 5.09. The molecule has 2 rings (SSSR count). The minimum Gasteiger partial charge on any atom is -0.357 e. The summed E-state index contributed by atoms with van der Waals surface area (Å²) in [5.74, 6) is 1.07. The average molecular weight is 374 g/mol. The molecule has 1 saturated heterocycles. The van der Waals surface area contributed by atoms with E-state index in [1.807, 2.05) is 17.0 Å². The SMILES string of the molecule is CCNC(=NCc1ccc(N2CCCC2=O)cc1)NCC(C)N(CC)CC. The van der Waals surface area contributed by atoms with Crippen molar-refractivity contribution in [3.05, 3.63) is 29.8 Å². The molecule has 1 aliphatic rings. The second-order valence-electron chi connectivity index (χ2n) is 6.96. The van der Waals surface area contributed by atoms with E-state index in [9.17, 15) is 4.79 Å². The van der Waals surface area contributed by atoms with Crippen LogP contribution in [0, 0.1) is 0 Å². The molecule has 150 valence electrons. The first-order valence-electron chi connectivity index (χ1n) is 10.2. The van der Waals surface area contributed by atoms with Crippen LogP contribution in [0.5, 0.6) is 0 Å². The molecule has 27 heavy (non-hydrogen) atoms. The lowest BCUT2D eigenvalue weighted by Crippen LogP contribution is -2.45. The number of carbonyl (C=O) groups is 1. The number of anilines is 1. The second kappa shape index (κ2) is 10.9. The van der Waals surface area contributed by atoms with Crippen LogP contribution < -0.4 is 15.5 Å². The van der Waals surface area contributed by atoms with Gasteiger partial charge in [-0.25, -0.2) is 4.99 Å². The summed E-state index contributed by atoms with van der Waals surface area (Å²) in [5, 5.41) is 6.76. The zero-order valence-electron chi connectivity index (χ0n) is 17.3. The van der Waals surface area contributed by atoms with Crippen molar-refractivity contribution in [1.82, 2.24) is 15.5 Å². The molecule has 1 fully saturated rings. The molecule has 0 aliphatic carbocycles. The quantitative estimate of drug-likeness (QED) is 0.516. The first-order chi connectivity index (χ1) is 13.1. The van der Waals surface area contributed by atoms with E-state index in [4.69, 9.17) is 4.99 Å². The van der Waals surface area contributed by atoms with Crippen LogP contribution in [0.15, 0.2) is 29.3 Å². The van der Waals surface area contributed by atoms with Crippen LogP contribution in [0.4, 0.5) is 5.69 Å². The average Bonchev–Trinajstić information content (AvgIpc) is 3.11. The third-order valence-electron chi connectivity index (χ3n) is 5.09. The Hall–Kier alpha value is -2.08. The van der Waals surface area contributed by atoms with Crippen molar-refractivity contribution in [2.24, 2.45) is 4.99 Å². The lowest BCUT2D eigenvalue weighted by Gasteiger charge is -2.27. The Balaban J connectivity index is 1.92. The van der Waals surface area contributed by atoms with Gasteiger partial charge in [0.05, 0.1) is 6.54 Å². The van der Waals surface area contributed by atoms with Gasteiger partial charge in [-0.3, -0.25) is 9.69 Å². The highest BCUT2D eigenvalue weighted by molar-refractivity contribution is 5.95. The molecular weight excluding hydrogens is 338 g/mol. The molecule has 0 spiro atoms. The molecule has 1 aromatic rings. The maximum absolute atomic E-state index is 11.8. The zero-order chi connectivity index (χ0) is 19.6. The number of aliphatic imine (C=N–C) groups is 1. The van der Waals surface area contributed by atoms with Crippen molar-refractivity contribution in [2.75, 3.05) is 37.6 Å². The van der Waals surface area contributed by atoms with Gasteiger partial charge in [0, 0.05) is 37.8 Å². The van der Waals surface area contributed by atoms with Crippen LogP contribution in [0.3, 0.4) is 0 Å². The summed E-state index contributed by atoms with van der Waals surface area (Å²) in [6.07, 6.45) is 1.62. The van der Waals surface area contributed by atoms with E-state index in [1.54, 1.807) is 0 Å². The van der Waals surface area contributed by atoms with E-state index in [0.29, 0.717) is 19.0 Å². The second-order valence-corrected chi connectivity index (χ2v) is 6.96. The number of amides is 1. The van der Waals surface area contributed by atoms with Crippen molar-refractivity contribution < 1.29 is 4.79 Å². The van der Waals surface area contributed by atoms with E-state index in [-0.39, 0.29) is 5.91 Å². The van der Waals surface area contributed by atoms with Crippen molar-refractivity contribution >= 4 is 17.6 Å². The summed E-state index contributed by atoms with van der Waals surface area (Å²) >= 11 is 0. The van der Waals surface area contributed by atoms with Crippen molar-refractivity contribution in [1.29, 1.82) is 0 Å². The number of hydrogen-bond donors (Lipinski definition) is 2. The highest BCUT2D eigenvalue weighted by atomic mass is 16.2. The Labute approximate surface area is 164 Å². The fraction of sp³-hybridized carbons (Fsp3) is 0.619. The van der Waals surface area contributed by atoms with Gasteiger partial charge in [-0.2, -0.15) is 0 Å². The van der Waals surface area contributed by atoms with Crippen LogP contribution in [-0.2, 0) is 11.3 Å². The van der Waals surface area contributed by atoms with Crippen LogP contribution in [-0.4, -0.2) is 55.5 Å². The van der Waals surface area contributed by atoms with Gasteiger partial charge >= 0.3 is 0 Å². The van der Waals surface area contributed by atoms with E-state index < -0.39 is 0 Å². The molecule has 1 aliphatic heterocycles. The van der Waals surface area contributed by atoms with E-state index in [2.05, 4.69) is 55.4 Å². The lowest BCUT2D eigenvalue weighted by atomic mass is 10.2. The standard InChI is InChI=1S/C21H35N5O/c1-5-22-21(23-15-17(4)25(6-2)7-3)24-16-18-10-12-19(13-11-18)26-14-8-9-20(26)27/h10-13,17H,5-9,14-16H2,1-4H3,(H2,22,23,24). The molecule has 6 nitrogen and oxygen atoms in total. The summed E-state index contributed by atoms with van der Waals surface area (Å²) in [7, 11) is 0. The fourth-order valence-corrected chi connectivity index (χ4v) is 3.43. The molecule has 1 amide bonds. The van der Waals surface area contributed by atoms with Crippen molar-refractivity contribution in [3.63, 3.8) is 0 Å². The number of guanidine groups is 1. The van der Waals surface area contributed by atoms with Gasteiger partial charge in [0.25, 0.3) is 0 Å². The van der Waals surface area contributed by atoms with Crippen LogP contribution in [0.1, 0.15) is 46.1 Å². The molecule has 0 saturated carbocycles. The molecule has 2 N–H and O–H groups in total. The monoisotopic (exact) mass is 373 g/mol. The zero-order valence-corrected chi connectivity index (χ0v) is 17.3. The molecular formula is C21H35N5O. The van der Waals surface area contributed by atoms with Gasteiger partial charge in [0.15, 0.2) is 5.96 Å². The number of hydrogen-bond acceptors (Lipinski definition) is 3. The number of benzene rings is 1. The molecule has 1 unspecified atom stereocenters. The molecule has 1 atom stereocenters. The Morgan fingerprint density at radius 1 is 1.19 bits per heavy atom. The molecule has 0 aromatic heterocycles. The Morgan fingerprint density at radius 3 is 2.44 bits per heavy atom. The number of carbonyl (C=O) groups excluding carboxylic acids is 1. The van der Waals surface area contributed by atoms with Gasteiger partial charge in [-0.1, -0.05) is 26.0 Å². The smallest absolute Gasteiger partial charge is 0.227 e. The van der Waals surface area contributed by atoms with Crippen molar-refractivity contribution in [2.45, 2.75) is 53.1 Å². The molecule has 1 heterocycles. The van der Waals surface area contributed by atoms with Gasteiger partial charge in [-0.05, 0) is 51.1 Å². The third kappa shape index (κ3) is 6.24. The van der Waals surface area contributed by atoms with Crippen LogP contribution >= 0.6 is 0 Å². The highest BCUT2D eigenvalue weighted by Crippen LogP contribution is 2.21. The Bertz CT molecular complexity index is 610. The Kier molecular flexibility index (Phi) is 8.58. The molecule has 6 heteroatoms. The van der Waals surface area contributed by atoms with Gasteiger partial charge in [0.1, 0.15) is 0 Å². The summed E-state index contributed by atoms with van der Waals surface area (Å²) in [6, 6.07) is 8.63. The summed E-state index contributed by atoms with van der Waals surface area (Å²) in [4.78, 5) is 20.8. The van der Waals surface area contributed by atoms with Crippen LogP contribution in [0.25, 0.3) is 0 Å². The molecule has 0 radical (unpaired) electrons. The first-order valence-corrected chi connectivity index (χ1v) is 10.2. The van der Waals surface area contributed by atoms with Gasteiger partial charge in [-0.15, -0.1) is 0 Å². The highest BCUT2D eigenvalue weighted by Gasteiger charge is 2.21. The maximum atomic E-state index is 11.8. The normalized spacial score (nSPS) is 16.1. The number of nitrogens with one attached hydrogen (secondary N) is 2. The van der Waals surface area contributed by atoms with E-state index in [0.717, 1.165) is 56.4 Å². The molecule has 0 bridgehead atoms. The fourth-order valence-electron chi connectivity index (χ4n) is 3.43. The minimum atomic E-state index is 0.224.